The highest BCUT2D eigenvalue weighted by Gasteiger charge is 2.37. The Labute approximate surface area is 186 Å². The Kier molecular flexibility index (Phi) is 6.24. The van der Waals surface area contributed by atoms with Crippen LogP contribution in [0.25, 0.3) is 23.0 Å². The van der Waals surface area contributed by atoms with Crippen molar-refractivity contribution in [2.45, 2.75) is 12.4 Å². The lowest BCUT2D eigenvalue weighted by Gasteiger charge is -2.14. The molecule has 0 unspecified atom stereocenters. The fraction of sp³-hybridized carbons (Fsp3) is 0.0952. The minimum absolute atomic E-state index is 0.0162. The summed E-state index contributed by atoms with van der Waals surface area (Å²) in [5.41, 5.74) is -4.16. The molecule has 0 radical (unpaired) electrons. The van der Waals surface area contributed by atoms with Gasteiger partial charge in [-0.3, -0.25) is 0 Å². The molecule has 12 heteroatoms. The lowest BCUT2D eigenvalue weighted by Crippen LogP contribution is -2.12. The van der Waals surface area contributed by atoms with Gasteiger partial charge in [-0.2, -0.15) is 36.7 Å². The first-order valence-corrected chi connectivity index (χ1v) is 9.18. The zero-order valence-corrected chi connectivity index (χ0v) is 16.8. The van der Waals surface area contributed by atoms with E-state index in [0.29, 0.717) is 12.1 Å². The average molecular weight is 486 g/mol. The molecule has 1 N–H and O–H groups in total. The van der Waals surface area contributed by atoms with Crippen LogP contribution in [0.1, 0.15) is 16.7 Å². The molecule has 1 heterocycles. The standard InChI is InChI=1S/C21H10ClF6N3O2/c22-16-3-1-2-11(5-16)18-13(4-12(9-29)19(32)33)10-31(30-18)17-7-14(20(23,24)25)6-15(8-17)21(26,27)28/h1-8,10H,(H,32,33)/b12-4+. The maximum Gasteiger partial charge on any atom is 0.416 e. The van der Waals surface area contributed by atoms with E-state index in [9.17, 15) is 31.1 Å². The number of alkyl halides is 6. The summed E-state index contributed by atoms with van der Waals surface area (Å²) in [5.74, 6) is -1.58. The van der Waals surface area contributed by atoms with Gasteiger partial charge in [0.05, 0.1) is 16.8 Å². The van der Waals surface area contributed by atoms with Gasteiger partial charge in [0.1, 0.15) is 17.3 Å². The Morgan fingerprint density at radius 1 is 1.06 bits per heavy atom. The molecular weight excluding hydrogens is 476 g/mol. The van der Waals surface area contributed by atoms with Gasteiger partial charge in [-0.05, 0) is 36.4 Å². The zero-order chi connectivity index (χ0) is 24.6. The van der Waals surface area contributed by atoms with E-state index >= 15 is 0 Å². The number of carbonyl (C=O) groups is 1. The van der Waals surface area contributed by atoms with Gasteiger partial charge in [0.15, 0.2) is 0 Å². The van der Waals surface area contributed by atoms with Crippen molar-refractivity contribution >= 4 is 23.6 Å². The second-order valence-corrected chi connectivity index (χ2v) is 7.06. The predicted molar refractivity (Wildman–Crippen MR) is 105 cm³/mol. The number of rotatable bonds is 4. The summed E-state index contributed by atoms with van der Waals surface area (Å²) < 4.78 is 80.1. The number of nitrogens with zero attached hydrogens (tertiary/aromatic N) is 3. The second kappa shape index (κ2) is 8.63. The first-order valence-electron chi connectivity index (χ1n) is 8.80. The van der Waals surface area contributed by atoms with Crippen molar-refractivity contribution in [2.75, 3.05) is 0 Å². The van der Waals surface area contributed by atoms with Crippen LogP contribution in [0.4, 0.5) is 26.3 Å². The summed E-state index contributed by atoms with van der Waals surface area (Å²) in [6.45, 7) is 0. The third-order valence-corrected chi connectivity index (χ3v) is 4.56. The minimum Gasteiger partial charge on any atom is -0.477 e. The van der Waals surface area contributed by atoms with Crippen molar-refractivity contribution in [3.05, 3.63) is 75.9 Å². The fourth-order valence-corrected chi connectivity index (χ4v) is 3.04. The van der Waals surface area contributed by atoms with E-state index < -0.39 is 40.7 Å². The van der Waals surface area contributed by atoms with Crippen LogP contribution in [0.3, 0.4) is 0 Å². The van der Waals surface area contributed by atoms with Crippen LogP contribution < -0.4 is 0 Å². The molecule has 0 fully saturated rings. The highest BCUT2D eigenvalue weighted by molar-refractivity contribution is 6.30. The number of nitriles is 1. The molecule has 0 atom stereocenters. The Hall–Kier alpha value is -3.78. The van der Waals surface area contributed by atoms with E-state index in [1.807, 2.05) is 0 Å². The molecule has 33 heavy (non-hydrogen) atoms. The van der Waals surface area contributed by atoms with Crippen molar-refractivity contribution in [3.63, 3.8) is 0 Å². The number of benzene rings is 2. The van der Waals surface area contributed by atoms with E-state index in [0.717, 1.165) is 17.0 Å². The van der Waals surface area contributed by atoms with Crippen LogP contribution in [0.15, 0.2) is 54.2 Å². The lowest BCUT2D eigenvalue weighted by molar-refractivity contribution is -0.143. The number of carboxylic acids is 1. The zero-order valence-electron chi connectivity index (χ0n) is 16.0. The quantitative estimate of drug-likeness (QED) is 0.270. The number of hydrogen-bond donors (Lipinski definition) is 1. The Morgan fingerprint density at radius 2 is 1.67 bits per heavy atom. The van der Waals surface area contributed by atoms with Crippen LogP contribution in [-0.4, -0.2) is 20.9 Å². The number of halogens is 7. The molecule has 0 bridgehead atoms. The van der Waals surface area contributed by atoms with Crippen molar-refractivity contribution in [3.8, 4) is 23.0 Å². The number of aromatic nitrogens is 2. The first kappa shape index (κ1) is 23.9. The molecule has 0 saturated heterocycles. The first-order chi connectivity index (χ1) is 15.3. The van der Waals surface area contributed by atoms with Gasteiger partial charge in [-0.25, -0.2) is 9.48 Å². The maximum absolute atomic E-state index is 13.2. The molecule has 0 aliphatic rings. The number of hydrogen-bond acceptors (Lipinski definition) is 3. The van der Waals surface area contributed by atoms with E-state index in [4.69, 9.17) is 22.0 Å². The van der Waals surface area contributed by atoms with Crippen molar-refractivity contribution in [1.82, 2.24) is 9.78 Å². The highest BCUT2D eigenvalue weighted by Crippen LogP contribution is 2.37. The molecule has 0 spiro atoms. The van der Waals surface area contributed by atoms with Gasteiger partial charge in [-0.15, -0.1) is 0 Å². The van der Waals surface area contributed by atoms with Crippen LogP contribution in [0.2, 0.25) is 5.02 Å². The van der Waals surface area contributed by atoms with Crippen molar-refractivity contribution in [2.24, 2.45) is 0 Å². The largest absolute Gasteiger partial charge is 0.477 e. The summed E-state index contributed by atoms with van der Waals surface area (Å²) in [4.78, 5) is 11.2. The summed E-state index contributed by atoms with van der Waals surface area (Å²) in [7, 11) is 0. The second-order valence-electron chi connectivity index (χ2n) is 6.63. The predicted octanol–water partition coefficient (Wildman–Crippen LogP) is 6.22. The Bertz CT molecular complexity index is 1270. The summed E-state index contributed by atoms with van der Waals surface area (Å²) in [5, 5.41) is 22.5. The minimum atomic E-state index is -5.07. The van der Waals surface area contributed by atoms with Gasteiger partial charge in [-0.1, -0.05) is 23.7 Å². The highest BCUT2D eigenvalue weighted by atomic mass is 35.5. The van der Waals surface area contributed by atoms with E-state index in [1.54, 1.807) is 0 Å². The SMILES string of the molecule is N#C/C(=C\c1cn(-c2cc(C(F)(F)F)cc(C(F)(F)F)c2)nc1-c1cccc(Cl)c1)C(=O)O. The molecule has 2 aromatic carbocycles. The summed E-state index contributed by atoms with van der Waals surface area (Å²) in [6.07, 6.45) is -8.22. The molecule has 0 aliphatic carbocycles. The van der Waals surface area contributed by atoms with Gasteiger partial charge in [0.2, 0.25) is 0 Å². The number of aliphatic carboxylic acids is 1. The summed E-state index contributed by atoms with van der Waals surface area (Å²) in [6, 6.07) is 8.30. The van der Waals surface area contributed by atoms with Crippen molar-refractivity contribution in [1.29, 1.82) is 5.26 Å². The third-order valence-electron chi connectivity index (χ3n) is 4.33. The smallest absolute Gasteiger partial charge is 0.416 e. The topological polar surface area (TPSA) is 78.9 Å². The lowest BCUT2D eigenvalue weighted by atomic mass is 10.1. The average Bonchev–Trinajstić information content (AvgIpc) is 3.14. The normalized spacial score (nSPS) is 12.5. The molecule has 1 aromatic heterocycles. The monoisotopic (exact) mass is 485 g/mol. The van der Waals surface area contributed by atoms with Gasteiger partial charge in [0.25, 0.3) is 0 Å². The Morgan fingerprint density at radius 3 is 2.15 bits per heavy atom. The van der Waals surface area contributed by atoms with E-state index in [2.05, 4.69) is 5.10 Å². The molecule has 5 nitrogen and oxygen atoms in total. The molecule has 3 rings (SSSR count). The third kappa shape index (κ3) is 5.35. The van der Waals surface area contributed by atoms with Crippen LogP contribution in [-0.2, 0) is 17.1 Å². The molecule has 0 aliphatic heterocycles. The van der Waals surface area contributed by atoms with Gasteiger partial charge < -0.3 is 5.11 Å². The fourth-order valence-electron chi connectivity index (χ4n) is 2.85. The van der Waals surface area contributed by atoms with E-state index in [-0.39, 0.29) is 27.9 Å². The molecule has 0 saturated carbocycles. The maximum atomic E-state index is 13.2. The van der Waals surface area contributed by atoms with E-state index in [1.165, 1.54) is 30.3 Å². The number of carboxylic acid groups (broad SMARTS) is 1. The molecular formula is C21H10ClF6N3O2. The van der Waals surface area contributed by atoms with Gasteiger partial charge >= 0.3 is 18.3 Å². The molecule has 170 valence electrons. The molecule has 3 aromatic rings. The van der Waals surface area contributed by atoms with Gasteiger partial charge in [0, 0.05) is 22.3 Å². The van der Waals surface area contributed by atoms with Crippen molar-refractivity contribution < 1.29 is 36.2 Å². The molecule has 0 amide bonds. The van der Waals surface area contributed by atoms with Crippen LogP contribution in [0, 0.1) is 11.3 Å². The summed E-state index contributed by atoms with van der Waals surface area (Å²) >= 11 is 5.95. The Balaban J connectivity index is 2.30. The van der Waals surface area contributed by atoms with Crippen LogP contribution in [0.5, 0.6) is 0 Å². The van der Waals surface area contributed by atoms with Crippen LogP contribution >= 0.6 is 11.6 Å².